The summed E-state index contributed by atoms with van der Waals surface area (Å²) in [5.41, 5.74) is 17.7. The van der Waals surface area contributed by atoms with Gasteiger partial charge in [-0.25, -0.2) is 0 Å². The summed E-state index contributed by atoms with van der Waals surface area (Å²) in [5.74, 6) is 0. The summed E-state index contributed by atoms with van der Waals surface area (Å²) >= 11 is 0. The molecule has 5 heteroatoms. The van der Waals surface area contributed by atoms with Crippen LogP contribution in [-0.4, -0.2) is 38.6 Å². The Bertz CT molecular complexity index is 682. The summed E-state index contributed by atoms with van der Waals surface area (Å²) in [4.78, 5) is 2.19. The van der Waals surface area contributed by atoms with Crippen LogP contribution in [0.15, 0.2) is 36.4 Å². The van der Waals surface area contributed by atoms with Gasteiger partial charge in [0.1, 0.15) is 0 Å². The van der Waals surface area contributed by atoms with E-state index in [2.05, 4.69) is 48.7 Å². The monoisotopic (exact) mass is 371 g/mol. The molecular weight excluding hydrogens is 334 g/mol. The minimum atomic E-state index is 0.855. The van der Waals surface area contributed by atoms with Crippen molar-refractivity contribution >= 4 is 22.7 Å². The Morgan fingerprint density at radius 3 is 1.70 bits per heavy atom. The maximum absolute atomic E-state index is 5.75. The molecular formula is C22H37N5. The molecule has 2 rings (SSSR count). The minimum absolute atomic E-state index is 0.855. The van der Waals surface area contributed by atoms with Gasteiger partial charge in [0.25, 0.3) is 0 Å². The number of hydrogen-bond acceptors (Lipinski definition) is 5. The molecule has 0 aliphatic heterocycles. The standard InChI is InChI=1S/C12H21N3.C10H16N2/c1-10-9-11(5-6-12(10)13)14-7-4-8-15(2)3;1-3-6-12-9-4-5-10(11)8(2)7-9/h5-6,9,14H,4,7-8,13H2,1-3H3;4-5,7,12H,3,6,11H2,1-2H3. The summed E-state index contributed by atoms with van der Waals surface area (Å²) < 4.78 is 0. The lowest BCUT2D eigenvalue weighted by Crippen LogP contribution is -2.16. The first kappa shape index (κ1) is 22.6. The maximum atomic E-state index is 5.75. The zero-order chi connectivity index (χ0) is 20.2. The van der Waals surface area contributed by atoms with Gasteiger partial charge in [-0.3, -0.25) is 0 Å². The van der Waals surface area contributed by atoms with Crippen LogP contribution in [0.25, 0.3) is 0 Å². The smallest absolute Gasteiger partial charge is 0.0345 e. The van der Waals surface area contributed by atoms with Crippen LogP contribution in [0.3, 0.4) is 0 Å². The van der Waals surface area contributed by atoms with Crippen molar-refractivity contribution in [3.05, 3.63) is 47.5 Å². The molecule has 0 bridgehead atoms. The van der Waals surface area contributed by atoms with Gasteiger partial charge in [0, 0.05) is 35.8 Å². The van der Waals surface area contributed by atoms with Crippen molar-refractivity contribution in [2.45, 2.75) is 33.6 Å². The average Bonchev–Trinajstić information content (AvgIpc) is 2.63. The Labute approximate surface area is 165 Å². The summed E-state index contributed by atoms with van der Waals surface area (Å²) in [5, 5.41) is 6.69. The number of aryl methyl sites for hydroxylation is 2. The highest BCUT2D eigenvalue weighted by Crippen LogP contribution is 2.17. The molecule has 5 nitrogen and oxygen atoms in total. The van der Waals surface area contributed by atoms with Crippen LogP contribution in [-0.2, 0) is 0 Å². The summed E-state index contributed by atoms with van der Waals surface area (Å²) in [6.45, 7) is 9.33. The number of benzene rings is 2. The highest BCUT2D eigenvalue weighted by atomic mass is 15.1. The first-order valence-corrected chi connectivity index (χ1v) is 9.68. The normalized spacial score (nSPS) is 10.3. The van der Waals surface area contributed by atoms with Crippen LogP contribution in [0.4, 0.5) is 22.7 Å². The number of hydrogen-bond donors (Lipinski definition) is 4. The van der Waals surface area contributed by atoms with Crippen LogP contribution >= 0.6 is 0 Å². The third-order valence-corrected chi connectivity index (χ3v) is 4.23. The molecule has 0 unspecified atom stereocenters. The van der Waals surface area contributed by atoms with E-state index in [1.165, 1.54) is 0 Å². The van der Waals surface area contributed by atoms with E-state index >= 15 is 0 Å². The quantitative estimate of drug-likeness (QED) is 0.410. The van der Waals surface area contributed by atoms with E-state index in [0.717, 1.165) is 66.4 Å². The molecule has 0 saturated heterocycles. The lowest BCUT2D eigenvalue weighted by Gasteiger charge is -2.11. The predicted octanol–water partition coefficient (Wildman–Crippen LogP) is 4.34. The van der Waals surface area contributed by atoms with E-state index in [1.807, 2.05) is 38.1 Å². The zero-order valence-electron chi connectivity index (χ0n) is 17.6. The fraction of sp³-hybridized carbons (Fsp3) is 0.455. The number of nitrogens with two attached hydrogens (primary N) is 2. The average molecular weight is 372 g/mol. The fourth-order valence-corrected chi connectivity index (χ4v) is 2.47. The van der Waals surface area contributed by atoms with E-state index in [1.54, 1.807) is 0 Å². The van der Waals surface area contributed by atoms with Gasteiger partial charge >= 0.3 is 0 Å². The van der Waals surface area contributed by atoms with Crippen molar-refractivity contribution in [2.24, 2.45) is 0 Å². The molecule has 27 heavy (non-hydrogen) atoms. The predicted molar refractivity (Wildman–Crippen MR) is 122 cm³/mol. The Balaban J connectivity index is 0.000000277. The second-order valence-corrected chi connectivity index (χ2v) is 7.15. The van der Waals surface area contributed by atoms with Crippen molar-refractivity contribution in [1.82, 2.24) is 4.90 Å². The molecule has 2 aromatic carbocycles. The minimum Gasteiger partial charge on any atom is -0.399 e. The number of nitrogen functional groups attached to an aromatic ring is 2. The first-order chi connectivity index (χ1) is 12.8. The second-order valence-electron chi connectivity index (χ2n) is 7.15. The van der Waals surface area contributed by atoms with Gasteiger partial charge in [-0.1, -0.05) is 6.92 Å². The van der Waals surface area contributed by atoms with Gasteiger partial charge in [0.2, 0.25) is 0 Å². The van der Waals surface area contributed by atoms with E-state index in [0.29, 0.717) is 0 Å². The van der Waals surface area contributed by atoms with Gasteiger partial charge in [0.05, 0.1) is 0 Å². The van der Waals surface area contributed by atoms with Crippen LogP contribution < -0.4 is 22.1 Å². The molecule has 0 aliphatic rings. The third kappa shape index (κ3) is 9.20. The Hall–Kier alpha value is -2.40. The van der Waals surface area contributed by atoms with E-state index in [-0.39, 0.29) is 0 Å². The van der Waals surface area contributed by atoms with Gasteiger partial charge in [-0.2, -0.15) is 0 Å². The topological polar surface area (TPSA) is 79.3 Å². The van der Waals surface area contributed by atoms with E-state index in [9.17, 15) is 0 Å². The Kier molecular flexibility index (Phi) is 10.1. The van der Waals surface area contributed by atoms with Crippen LogP contribution in [0.1, 0.15) is 30.9 Å². The SMILES string of the molecule is CCCNc1ccc(N)c(C)c1.Cc1cc(NCCCN(C)C)ccc1N. The van der Waals surface area contributed by atoms with Crippen LogP contribution in [0.2, 0.25) is 0 Å². The molecule has 150 valence electrons. The maximum Gasteiger partial charge on any atom is 0.0345 e. The zero-order valence-corrected chi connectivity index (χ0v) is 17.6. The van der Waals surface area contributed by atoms with Crippen molar-refractivity contribution in [3.8, 4) is 0 Å². The molecule has 0 saturated carbocycles. The van der Waals surface area contributed by atoms with E-state index in [4.69, 9.17) is 11.5 Å². The highest BCUT2D eigenvalue weighted by molar-refractivity contribution is 5.57. The molecule has 2 aromatic rings. The number of anilines is 4. The van der Waals surface area contributed by atoms with Crippen molar-refractivity contribution in [3.63, 3.8) is 0 Å². The van der Waals surface area contributed by atoms with Gasteiger partial charge in [-0.15, -0.1) is 0 Å². The summed E-state index contributed by atoms with van der Waals surface area (Å²) in [6.07, 6.45) is 2.29. The summed E-state index contributed by atoms with van der Waals surface area (Å²) in [7, 11) is 4.18. The third-order valence-electron chi connectivity index (χ3n) is 4.23. The van der Waals surface area contributed by atoms with Crippen molar-refractivity contribution in [1.29, 1.82) is 0 Å². The lowest BCUT2D eigenvalue weighted by molar-refractivity contribution is 0.405. The number of nitrogens with zero attached hydrogens (tertiary/aromatic N) is 1. The van der Waals surface area contributed by atoms with Crippen molar-refractivity contribution < 1.29 is 0 Å². The fourth-order valence-electron chi connectivity index (χ4n) is 2.47. The van der Waals surface area contributed by atoms with Crippen molar-refractivity contribution in [2.75, 3.05) is 55.8 Å². The van der Waals surface area contributed by atoms with E-state index < -0.39 is 0 Å². The van der Waals surface area contributed by atoms with Gasteiger partial charge in [-0.05, 0) is 94.9 Å². The molecule has 0 atom stereocenters. The molecule has 0 spiro atoms. The molecule has 0 aromatic heterocycles. The lowest BCUT2D eigenvalue weighted by atomic mass is 10.2. The second kappa shape index (κ2) is 12.1. The van der Waals surface area contributed by atoms with Gasteiger partial charge < -0.3 is 27.0 Å². The molecule has 0 heterocycles. The molecule has 6 N–H and O–H groups in total. The van der Waals surface area contributed by atoms with Crippen LogP contribution in [0, 0.1) is 13.8 Å². The number of nitrogens with one attached hydrogen (secondary N) is 2. The largest absolute Gasteiger partial charge is 0.399 e. The summed E-state index contributed by atoms with van der Waals surface area (Å²) in [6, 6.07) is 12.1. The Morgan fingerprint density at radius 1 is 0.815 bits per heavy atom. The first-order valence-electron chi connectivity index (χ1n) is 9.68. The Morgan fingerprint density at radius 2 is 1.30 bits per heavy atom. The molecule has 0 radical (unpaired) electrons. The molecule has 0 amide bonds. The van der Waals surface area contributed by atoms with Crippen LogP contribution in [0.5, 0.6) is 0 Å². The molecule has 0 aliphatic carbocycles. The molecule has 0 fully saturated rings. The highest BCUT2D eigenvalue weighted by Gasteiger charge is 1.96. The van der Waals surface area contributed by atoms with Gasteiger partial charge in [0.15, 0.2) is 0 Å². The number of rotatable bonds is 8.